The molecule has 5 heteroatoms. The zero-order valence-corrected chi connectivity index (χ0v) is 11.9. The Balaban J connectivity index is 2.32. The van der Waals surface area contributed by atoms with Gasteiger partial charge in [-0.25, -0.2) is 12.8 Å². The lowest BCUT2D eigenvalue weighted by Crippen LogP contribution is -2.45. The van der Waals surface area contributed by atoms with Crippen molar-refractivity contribution >= 4 is 9.84 Å². The highest BCUT2D eigenvalue weighted by atomic mass is 32.2. The molecule has 2 rings (SSSR count). The zero-order chi connectivity index (χ0) is 14.0. The molecule has 1 aromatic carbocycles. The lowest BCUT2D eigenvalue weighted by Gasteiger charge is -2.33. The predicted molar refractivity (Wildman–Crippen MR) is 73.0 cm³/mol. The molecule has 1 aromatic rings. The highest BCUT2D eigenvalue weighted by Crippen LogP contribution is 2.33. The second-order valence-electron chi connectivity index (χ2n) is 5.29. The topological polar surface area (TPSA) is 60.2 Å². The molecule has 0 amide bonds. The number of rotatable bonds is 3. The van der Waals surface area contributed by atoms with Crippen LogP contribution >= 0.6 is 0 Å². The molecular weight excluding hydrogens is 265 g/mol. The van der Waals surface area contributed by atoms with Crippen molar-refractivity contribution in [3.63, 3.8) is 0 Å². The van der Waals surface area contributed by atoms with Crippen LogP contribution < -0.4 is 5.73 Å². The molecule has 19 heavy (non-hydrogen) atoms. The smallest absolute Gasteiger partial charge is 0.182 e. The number of hydrogen-bond acceptors (Lipinski definition) is 3. The highest BCUT2D eigenvalue weighted by Gasteiger charge is 2.37. The molecule has 0 heterocycles. The Kier molecular flexibility index (Phi) is 4.26. The standard InChI is InChI=1S/C14H20FNO2S/c1-2-10-6-7-13(16)14(8-10)19(17,18)12-5-3-4-11(15)9-12/h3-5,9-10,13-14H,2,6-8,16H2,1H3. The first kappa shape index (κ1) is 14.5. The number of benzene rings is 1. The fraction of sp³-hybridized carbons (Fsp3) is 0.571. The lowest BCUT2D eigenvalue weighted by molar-refractivity contribution is 0.319. The van der Waals surface area contributed by atoms with Crippen molar-refractivity contribution in [2.24, 2.45) is 11.7 Å². The van der Waals surface area contributed by atoms with E-state index in [-0.39, 0.29) is 10.9 Å². The largest absolute Gasteiger partial charge is 0.327 e. The molecule has 1 saturated carbocycles. The van der Waals surface area contributed by atoms with Crippen molar-refractivity contribution < 1.29 is 12.8 Å². The van der Waals surface area contributed by atoms with Gasteiger partial charge in [0, 0.05) is 6.04 Å². The van der Waals surface area contributed by atoms with Gasteiger partial charge >= 0.3 is 0 Å². The van der Waals surface area contributed by atoms with Crippen LogP contribution in [0.1, 0.15) is 32.6 Å². The Morgan fingerprint density at radius 1 is 1.37 bits per heavy atom. The molecule has 3 atom stereocenters. The Hall–Kier alpha value is -0.940. The third-order valence-corrected chi connectivity index (χ3v) is 6.30. The molecule has 0 bridgehead atoms. The first-order chi connectivity index (χ1) is 8.95. The van der Waals surface area contributed by atoms with E-state index < -0.39 is 20.9 Å². The van der Waals surface area contributed by atoms with Gasteiger partial charge < -0.3 is 5.73 Å². The van der Waals surface area contributed by atoms with Crippen molar-refractivity contribution in [3.8, 4) is 0 Å². The average molecular weight is 285 g/mol. The van der Waals surface area contributed by atoms with E-state index >= 15 is 0 Å². The summed E-state index contributed by atoms with van der Waals surface area (Å²) in [5.74, 6) is -0.134. The van der Waals surface area contributed by atoms with Crippen molar-refractivity contribution in [2.75, 3.05) is 0 Å². The zero-order valence-electron chi connectivity index (χ0n) is 11.0. The third kappa shape index (κ3) is 2.98. The molecule has 3 unspecified atom stereocenters. The van der Waals surface area contributed by atoms with Gasteiger partial charge in [-0.1, -0.05) is 19.4 Å². The van der Waals surface area contributed by atoms with Gasteiger partial charge in [0.05, 0.1) is 10.1 Å². The summed E-state index contributed by atoms with van der Waals surface area (Å²) < 4.78 is 38.3. The number of hydrogen-bond donors (Lipinski definition) is 1. The Morgan fingerprint density at radius 3 is 2.74 bits per heavy atom. The normalized spacial score (nSPS) is 28.3. The Morgan fingerprint density at radius 2 is 2.11 bits per heavy atom. The summed E-state index contributed by atoms with van der Waals surface area (Å²) in [5, 5.41) is -0.590. The van der Waals surface area contributed by atoms with Crippen molar-refractivity contribution in [2.45, 2.75) is 48.8 Å². The lowest BCUT2D eigenvalue weighted by atomic mass is 9.84. The van der Waals surface area contributed by atoms with E-state index in [9.17, 15) is 12.8 Å². The first-order valence-corrected chi connectivity index (χ1v) is 8.24. The van der Waals surface area contributed by atoms with Gasteiger partial charge in [-0.15, -0.1) is 0 Å². The summed E-state index contributed by atoms with van der Waals surface area (Å²) in [7, 11) is -3.54. The van der Waals surface area contributed by atoms with Gasteiger partial charge in [0.15, 0.2) is 9.84 Å². The molecule has 0 spiro atoms. The van der Waals surface area contributed by atoms with Gasteiger partial charge in [0.2, 0.25) is 0 Å². The minimum atomic E-state index is -3.54. The quantitative estimate of drug-likeness (QED) is 0.928. The summed E-state index contributed by atoms with van der Waals surface area (Å²) in [6.07, 6.45) is 3.24. The first-order valence-electron chi connectivity index (χ1n) is 6.70. The van der Waals surface area contributed by atoms with E-state index in [2.05, 4.69) is 6.92 Å². The van der Waals surface area contributed by atoms with Crippen molar-refractivity contribution in [1.82, 2.24) is 0 Å². The number of halogens is 1. The fourth-order valence-corrected chi connectivity index (χ4v) is 4.80. The van der Waals surface area contributed by atoms with E-state index in [0.717, 1.165) is 25.3 Å². The summed E-state index contributed by atoms with van der Waals surface area (Å²) in [4.78, 5) is 0.0460. The van der Waals surface area contributed by atoms with E-state index in [0.29, 0.717) is 12.3 Å². The predicted octanol–water partition coefficient (Wildman–Crippen LogP) is 2.51. The van der Waals surface area contributed by atoms with Crippen LogP contribution in [0.3, 0.4) is 0 Å². The Bertz CT molecular complexity index is 544. The van der Waals surface area contributed by atoms with Crippen LogP contribution in [0, 0.1) is 11.7 Å². The van der Waals surface area contributed by atoms with E-state index in [1.54, 1.807) is 0 Å². The monoisotopic (exact) mass is 285 g/mol. The van der Waals surface area contributed by atoms with E-state index in [1.165, 1.54) is 18.2 Å². The van der Waals surface area contributed by atoms with Crippen LogP contribution in [0.2, 0.25) is 0 Å². The molecule has 1 aliphatic rings. The van der Waals surface area contributed by atoms with Gasteiger partial charge in [0.25, 0.3) is 0 Å². The third-order valence-electron chi connectivity index (χ3n) is 4.05. The molecule has 1 fully saturated rings. The Labute approximate surface area is 113 Å². The minimum absolute atomic E-state index is 0.0460. The molecule has 2 N–H and O–H groups in total. The highest BCUT2D eigenvalue weighted by molar-refractivity contribution is 7.92. The minimum Gasteiger partial charge on any atom is -0.327 e. The number of sulfone groups is 1. The summed E-state index contributed by atoms with van der Waals surface area (Å²) in [5.41, 5.74) is 5.98. The SMILES string of the molecule is CCC1CCC(N)C(S(=O)(=O)c2cccc(F)c2)C1. The second kappa shape index (κ2) is 5.59. The summed E-state index contributed by atoms with van der Waals surface area (Å²) >= 11 is 0. The molecule has 106 valence electrons. The van der Waals surface area contributed by atoms with E-state index in [1.807, 2.05) is 0 Å². The van der Waals surface area contributed by atoms with Gasteiger partial charge in [-0.2, -0.15) is 0 Å². The second-order valence-corrected chi connectivity index (χ2v) is 7.46. The fourth-order valence-electron chi connectivity index (χ4n) is 2.78. The van der Waals surface area contributed by atoms with Crippen molar-refractivity contribution in [1.29, 1.82) is 0 Å². The maximum absolute atomic E-state index is 13.2. The van der Waals surface area contributed by atoms with Crippen molar-refractivity contribution in [3.05, 3.63) is 30.1 Å². The van der Waals surface area contributed by atoms with Crippen LogP contribution in [0.15, 0.2) is 29.2 Å². The summed E-state index contributed by atoms with van der Waals surface area (Å²) in [6.45, 7) is 2.06. The molecule has 0 radical (unpaired) electrons. The van der Waals surface area contributed by atoms with Crippen LogP contribution in [-0.2, 0) is 9.84 Å². The van der Waals surface area contributed by atoms with Gasteiger partial charge in [-0.05, 0) is 43.4 Å². The van der Waals surface area contributed by atoms with E-state index in [4.69, 9.17) is 5.73 Å². The average Bonchev–Trinajstić information content (AvgIpc) is 2.39. The maximum Gasteiger partial charge on any atom is 0.182 e. The molecule has 1 aliphatic carbocycles. The summed E-state index contributed by atoms with van der Waals surface area (Å²) in [6, 6.07) is 4.84. The van der Waals surface area contributed by atoms with Crippen LogP contribution in [0.4, 0.5) is 4.39 Å². The van der Waals surface area contributed by atoms with Gasteiger partial charge in [-0.3, -0.25) is 0 Å². The molecule has 3 nitrogen and oxygen atoms in total. The van der Waals surface area contributed by atoms with Crippen LogP contribution in [0.25, 0.3) is 0 Å². The molecule has 0 aliphatic heterocycles. The molecular formula is C14H20FNO2S. The maximum atomic E-state index is 13.2. The van der Waals surface area contributed by atoms with Crippen LogP contribution in [-0.4, -0.2) is 19.7 Å². The van der Waals surface area contributed by atoms with Gasteiger partial charge in [0.1, 0.15) is 5.82 Å². The van der Waals surface area contributed by atoms with Crippen LogP contribution in [0.5, 0.6) is 0 Å². The molecule has 0 saturated heterocycles. The number of nitrogens with two attached hydrogens (primary N) is 1. The molecule has 0 aromatic heterocycles.